The number of aromatic amines is 1. The third-order valence-corrected chi connectivity index (χ3v) is 3.65. The Balaban J connectivity index is 1.96. The van der Waals surface area contributed by atoms with Crippen molar-refractivity contribution in [1.29, 1.82) is 0 Å². The molecule has 0 spiro atoms. The summed E-state index contributed by atoms with van der Waals surface area (Å²) >= 11 is 0. The molecule has 0 atom stereocenters. The Bertz CT molecular complexity index is 574. The van der Waals surface area contributed by atoms with E-state index in [2.05, 4.69) is 15.5 Å². The van der Waals surface area contributed by atoms with Gasteiger partial charge in [-0.15, -0.1) is 0 Å². The highest BCUT2D eigenvalue weighted by atomic mass is 19.2. The number of nitrogens with zero attached hydrogens (tertiary/aromatic N) is 1. The molecule has 3 rings (SSSR count). The molecule has 19 heavy (non-hydrogen) atoms. The van der Waals surface area contributed by atoms with Crippen molar-refractivity contribution in [3.8, 4) is 11.1 Å². The molecule has 1 aromatic carbocycles. The first-order valence-electron chi connectivity index (χ1n) is 6.45. The first-order chi connectivity index (χ1) is 9.25. The topological polar surface area (TPSA) is 40.7 Å². The van der Waals surface area contributed by atoms with E-state index >= 15 is 0 Å². The minimum Gasteiger partial charge on any atom is -0.317 e. The maximum absolute atomic E-state index is 13.3. The smallest absolute Gasteiger partial charge is 0.159 e. The van der Waals surface area contributed by atoms with E-state index in [1.807, 2.05) is 0 Å². The molecule has 0 unspecified atom stereocenters. The Morgan fingerprint density at radius 3 is 2.63 bits per heavy atom. The third-order valence-electron chi connectivity index (χ3n) is 3.65. The van der Waals surface area contributed by atoms with E-state index in [4.69, 9.17) is 0 Å². The van der Waals surface area contributed by atoms with Crippen LogP contribution in [0.25, 0.3) is 11.1 Å². The van der Waals surface area contributed by atoms with Crippen molar-refractivity contribution in [3.05, 3.63) is 41.7 Å². The van der Waals surface area contributed by atoms with Crippen molar-refractivity contribution in [3.63, 3.8) is 0 Å². The molecular weight excluding hydrogens is 248 g/mol. The molecule has 1 aromatic heterocycles. The molecule has 1 fully saturated rings. The molecule has 1 saturated heterocycles. The van der Waals surface area contributed by atoms with E-state index in [1.165, 1.54) is 6.07 Å². The lowest BCUT2D eigenvalue weighted by atomic mass is 9.90. The fourth-order valence-electron chi connectivity index (χ4n) is 2.61. The monoisotopic (exact) mass is 263 g/mol. The molecule has 3 nitrogen and oxygen atoms in total. The first kappa shape index (κ1) is 12.3. The Morgan fingerprint density at radius 2 is 1.89 bits per heavy atom. The zero-order valence-corrected chi connectivity index (χ0v) is 10.4. The second-order valence-corrected chi connectivity index (χ2v) is 4.85. The number of benzene rings is 1. The second kappa shape index (κ2) is 5.09. The molecule has 0 aliphatic carbocycles. The van der Waals surface area contributed by atoms with Gasteiger partial charge in [0.1, 0.15) is 0 Å². The Morgan fingerprint density at radius 1 is 1.11 bits per heavy atom. The number of nitrogens with one attached hydrogen (secondary N) is 2. The van der Waals surface area contributed by atoms with Crippen molar-refractivity contribution >= 4 is 0 Å². The summed E-state index contributed by atoms with van der Waals surface area (Å²) in [6, 6.07) is 3.97. The van der Waals surface area contributed by atoms with Gasteiger partial charge in [-0.25, -0.2) is 8.78 Å². The SMILES string of the molecule is Fc1ccc(-c2cn[nH]c2C2CCNCC2)cc1F. The molecule has 0 saturated carbocycles. The summed E-state index contributed by atoms with van der Waals surface area (Å²) in [6.07, 6.45) is 3.74. The number of halogens is 2. The van der Waals surface area contributed by atoms with Gasteiger partial charge in [-0.05, 0) is 43.6 Å². The van der Waals surface area contributed by atoms with Crippen LogP contribution in [0, 0.1) is 11.6 Å². The highest BCUT2D eigenvalue weighted by Gasteiger charge is 2.21. The zero-order chi connectivity index (χ0) is 13.2. The molecule has 2 heterocycles. The van der Waals surface area contributed by atoms with Gasteiger partial charge < -0.3 is 5.32 Å². The van der Waals surface area contributed by atoms with E-state index in [0.29, 0.717) is 11.5 Å². The van der Waals surface area contributed by atoms with E-state index < -0.39 is 11.6 Å². The average Bonchev–Trinajstić information content (AvgIpc) is 2.92. The molecule has 1 aliphatic heterocycles. The fraction of sp³-hybridized carbons (Fsp3) is 0.357. The van der Waals surface area contributed by atoms with Crippen LogP contribution in [0.1, 0.15) is 24.5 Å². The van der Waals surface area contributed by atoms with E-state index in [1.54, 1.807) is 12.3 Å². The fourth-order valence-corrected chi connectivity index (χ4v) is 2.61. The Labute approximate surface area is 110 Å². The summed E-state index contributed by atoms with van der Waals surface area (Å²) in [6.45, 7) is 1.95. The van der Waals surface area contributed by atoms with E-state index in [-0.39, 0.29) is 0 Å². The van der Waals surface area contributed by atoms with Gasteiger partial charge in [0.05, 0.1) is 6.20 Å². The number of H-pyrrole nitrogens is 1. The molecule has 2 aromatic rings. The van der Waals surface area contributed by atoms with Crippen molar-refractivity contribution < 1.29 is 8.78 Å². The third kappa shape index (κ3) is 2.38. The van der Waals surface area contributed by atoms with Crippen molar-refractivity contribution in [2.75, 3.05) is 13.1 Å². The van der Waals surface area contributed by atoms with Crippen LogP contribution in [-0.4, -0.2) is 23.3 Å². The standard InChI is InChI=1S/C14H15F2N3/c15-12-2-1-10(7-13(12)16)11-8-18-19-14(11)9-3-5-17-6-4-9/h1-2,7-9,17H,3-6H2,(H,18,19). The largest absolute Gasteiger partial charge is 0.317 e. The van der Waals surface area contributed by atoms with Crippen LogP contribution in [0.2, 0.25) is 0 Å². The lowest BCUT2D eigenvalue weighted by molar-refractivity contribution is 0.453. The minimum absolute atomic E-state index is 0.395. The van der Waals surface area contributed by atoms with Crippen LogP contribution < -0.4 is 5.32 Å². The predicted molar refractivity (Wildman–Crippen MR) is 68.8 cm³/mol. The van der Waals surface area contributed by atoms with Gasteiger partial charge in [-0.3, -0.25) is 5.10 Å². The molecule has 100 valence electrons. The maximum atomic E-state index is 13.3. The highest BCUT2D eigenvalue weighted by Crippen LogP contribution is 2.32. The van der Waals surface area contributed by atoms with Gasteiger partial charge in [0, 0.05) is 17.2 Å². The average molecular weight is 263 g/mol. The molecule has 2 N–H and O–H groups in total. The van der Waals surface area contributed by atoms with Crippen molar-refractivity contribution in [2.24, 2.45) is 0 Å². The minimum atomic E-state index is -0.824. The van der Waals surface area contributed by atoms with Gasteiger partial charge in [0.2, 0.25) is 0 Å². The van der Waals surface area contributed by atoms with Crippen LogP contribution >= 0.6 is 0 Å². The quantitative estimate of drug-likeness (QED) is 0.874. The summed E-state index contributed by atoms with van der Waals surface area (Å²) in [5.74, 6) is -1.25. The van der Waals surface area contributed by atoms with Gasteiger partial charge in [-0.1, -0.05) is 6.07 Å². The van der Waals surface area contributed by atoms with Gasteiger partial charge in [-0.2, -0.15) is 5.10 Å². The first-order valence-corrected chi connectivity index (χ1v) is 6.45. The molecule has 5 heteroatoms. The second-order valence-electron chi connectivity index (χ2n) is 4.85. The number of aromatic nitrogens is 2. The van der Waals surface area contributed by atoms with Crippen molar-refractivity contribution in [2.45, 2.75) is 18.8 Å². The normalized spacial score (nSPS) is 16.7. The summed E-state index contributed by atoms with van der Waals surface area (Å²) < 4.78 is 26.3. The van der Waals surface area contributed by atoms with E-state index in [9.17, 15) is 8.78 Å². The van der Waals surface area contributed by atoms with Crippen LogP contribution in [0.4, 0.5) is 8.78 Å². The number of piperidine rings is 1. The predicted octanol–water partition coefficient (Wildman–Crippen LogP) is 2.82. The van der Waals surface area contributed by atoms with Crippen molar-refractivity contribution in [1.82, 2.24) is 15.5 Å². The molecule has 1 aliphatic rings. The lowest BCUT2D eigenvalue weighted by Crippen LogP contribution is -2.27. The molecule has 0 radical (unpaired) electrons. The van der Waals surface area contributed by atoms with Gasteiger partial charge in [0.15, 0.2) is 11.6 Å². The van der Waals surface area contributed by atoms with Crippen LogP contribution in [0.15, 0.2) is 24.4 Å². The van der Waals surface area contributed by atoms with Crippen LogP contribution in [0.5, 0.6) is 0 Å². The lowest BCUT2D eigenvalue weighted by Gasteiger charge is -2.22. The number of hydrogen-bond donors (Lipinski definition) is 2. The summed E-state index contributed by atoms with van der Waals surface area (Å²) in [5, 5.41) is 10.4. The van der Waals surface area contributed by atoms with Crippen LogP contribution in [-0.2, 0) is 0 Å². The highest BCUT2D eigenvalue weighted by molar-refractivity contribution is 5.65. The Hall–Kier alpha value is -1.75. The zero-order valence-electron chi connectivity index (χ0n) is 10.4. The maximum Gasteiger partial charge on any atom is 0.159 e. The molecule has 0 bridgehead atoms. The van der Waals surface area contributed by atoms with E-state index in [0.717, 1.165) is 43.3 Å². The Kier molecular flexibility index (Phi) is 3.29. The summed E-state index contributed by atoms with van der Waals surface area (Å²) in [4.78, 5) is 0. The molecular formula is C14H15F2N3. The number of hydrogen-bond acceptors (Lipinski definition) is 2. The summed E-state index contributed by atoms with van der Waals surface area (Å²) in [5.41, 5.74) is 2.56. The van der Waals surface area contributed by atoms with Gasteiger partial charge >= 0.3 is 0 Å². The van der Waals surface area contributed by atoms with Gasteiger partial charge in [0.25, 0.3) is 0 Å². The molecule has 0 amide bonds. The van der Waals surface area contributed by atoms with Crippen LogP contribution in [0.3, 0.4) is 0 Å². The summed E-state index contributed by atoms with van der Waals surface area (Å²) in [7, 11) is 0. The number of rotatable bonds is 2.